The van der Waals surface area contributed by atoms with Crippen molar-refractivity contribution in [2.24, 2.45) is 50.2 Å². The highest BCUT2D eigenvalue weighted by Crippen LogP contribution is 2.80. The number of H-pyrrole nitrogens is 1. The third kappa shape index (κ3) is 8.35. The van der Waals surface area contributed by atoms with Crippen LogP contribution in [0.25, 0.3) is 11.0 Å². The molecule has 6 N–H and O–H groups in total. The topological polar surface area (TPSA) is 187 Å². The number of aliphatic hydroxyl groups is 4. The number of allylic oxidation sites excluding steroid dienone is 1. The van der Waals surface area contributed by atoms with Gasteiger partial charge in [0.2, 0.25) is 0 Å². The summed E-state index contributed by atoms with van der Waals surface area (Å²) in [4.78, 5) is 48.9. The van der Waals surface area contributed by atoms with Crippen molar-refractivity contribution in [2.45, 2.75) is 256 Å². The predicted molar refractivity (Wildman–Crippen MR) is 313 cm³/mol. The number of ketones is 2. The molecule has 7 aliphatic carbocycles. The highest BCUT2D eigenvalue weighted by molar-refractivity contribution is 6.02. The largest absolute Gasteiger partial charge is 0.393 e. The minimum atomic E-state index is -1.09. The van der Waals surface area contributed by atoms with E-state index in [1.807, 2.05) is 20.9 Å². The van der Waals surface area contributed by atoms with Gasteiger partial charge in [-0.2, -0.15) is 0 Å². The number of ether oxygens (including phenoxy) is 2. The van der Waals surface area contributed by atoms with Crippen LogP contribution >= 0.6 is 0 Å². The molecule has 12 heteroatoms. The summed E-state index contributed by atoms with van der Waals surface area (Å²) >= 11 is 0. The fourth-order valence-electron chi connectivity index (χ4n) is 21.7. The van der Waals surface area contributed by atoms with Crippen LogP contribution in [-0.4, -0.2) is 104 Å². The lowest BCUT2D eigenvalue weighted by Gasteiger charge is -2.74. The molecule has 1 aromatic carbocycles. The van der Waals surface area contributed by atoms with Gasteiger partial charge in [0, 0.05) is 72.5 Å². The number of aromatic amines is 1. The van der Waals surface area contributed by atoms with Crippen LogP contribution in [0.4, 0.5) is 0 Å². The normalized spacial score (nSPS) is 41.7. The molecular formula is C69H97N3O9. The van der Waals surface area contributed by atoms with E-state index in [9.17, 15) is 25.2 Å². The Morgan fingerprint density at radius 2 is 1.63 bits per heavy atom. The average molecular weight is 1110 g/mol. The van der Waals surface area contributed by atoms with Gasteiger partial charge in [0.25, 0.3) is 0 Å². The van der Waals surface area contributed by atoms with E-state index < -0.39 is 73.8 Å². The summed E-state index contributed by atoms with van der Waals surface area (Å²) in [6.07, 6.45) is 21.1. The fraction of sp³-hybridized carbons (Fsp3) is 0.754. The zero-order valence-corrected chi connectivity index (χ0v) is 50.3. The molecule has 3 aromatic rings. The number of aliphatic hydroxyl groups excluding tert-OH is 3. The van der Waals surface area contributed by atoms with E-state index in [4.69, 9.17) is 9.47 Å². The van der Waals surface area contributed by atoms with Crippen LogP contribution in [0.3, 0.4) is 0 Å². The number of Topliss-reactive ketones (excluding diaryl/α,β-unsaturated/α-hetero) is 2. The van der Waals surface area contributed by atoms with Crippen LogP contribution < -0.4 is 5.32 Å². The van der Waals surface area contributed by atoms with Crippen molar-refractivity contribution in [1.29, 1.82) is 0 Å². The van der Waals surface area contributed by atoms with Gasteiger partial charge in [-0.1, -0.05) is 91.3 Å². The van der Waals surface area contributed by atoms with Gasteiger partial charge >= 0.3 is 0 Å². The second-order valence-corrected chi connectivity index (χ2v) is 30.8. The summed E-state index contributed by atoms with van der Waals surface area (Å²) in [6, 6.07) is 6.69. The number of aldehydes is 1. The van der Waals surface area contributed by atoms with E-state index in [0.717, 1.165) is 121 Å². The number of rotatable bonds is 11. The minimum absolute atomic E-state index is 0.0543. The summed E-state index contributed by atoms with van der Waals surface area (Å²) in [7, 11) is 1.95. The summed E-state index contributed by atoms with van der Waals surface area (Å²) in [5, 5.41) is 54.7. The number of hydrogen-bond donors (Lipinski definition) is 6. The maximum Gasteiger partial charge on any atom is 0.160 e. The molecule has 6 saturated carbocycles. The smallest absolute Gasteiger partial charge is 0.160 e. The Kier molecular flexibility index (Phi) is 13.6. The fourth-order valence-corrected chi connectivity index (χ4v) is 21.7. The van der Waals surface area contributed by atoms with Gasteiger partial charge in [-0.25, -0.2) is 0 Å². The Bertz CT molecular complexity index is 3030. The molecule has 0 radical (unpaired) electrons. The molecule has 2 saturated heterocycles. The molecule has 442 valence electrons. The lowest BCUT2D eigenvalue weighted by atomic mass is 9.30. The lowest BCUT2D eigenvalue weighted by molar-refractivity contribution is -0.262. The van der Waals surface area contributed by atoms with Gasteiger partial charge in [0.15, 0.2) is 5.78 Å². The highest BCUT2D eigenvalue weighted by Gasteiger charge is 2.77. The number of benzene rings is 1. The van der Waals surface area contributed by atoms with Gasteiger partial charge in [-0.05, 0) is 178 Å². The number of carbonyl (C=O) groups excluding carboxylic acids is 3. The molecule has 8 fully saturated rings. The van der Waals surface area contributed by atoms with E-state index in [2.05, 4.69) is 80.1 Å². The van der Waals surface area contributed by atoms with Crippen LogP contribution in [0, 0.1) is 50.2 Å². The maximum absolute atomic E-state index is 15.8. The molecule has 2 aromatic heterocycles. The van der Waals surface area contributed by atoms with E-state index >= 15 is 9.59 Å². The second-order valence-electron chi connectivity index (χ2n) is 30.8. The molecule has 81 heavy (non-hydrogen) atoms. The first-order valence-corrected chi connectivity index (χ1v) is 32.3. The van der Waals surface area contributed by atoms with Gasteiger partial charge in [0.05, 0.1) is 58.7 Å². The molecule has 5 heterocycles. The number of epoxide rings is 1. The van der Waals surface area contributed by atoms with Crippen molar-refractivity contribution >= 4 is 28.9 Å². The zero-order chi connectivity index (χ0) is 57.1. The molecular weight excluding hydrogens is 1010 g/mol. The summed E-state index contributed by atoms with van der Waals surface area (Å²) in [5.74, 6) is -0.857. The number of aromatic nitrogens is 2. The van der Waals surface area contributed by atoms with E-state index in [0.29, 0.717) is 89.8 Å². The van der Waals surface area contributed by atoms with Gasteiger partial charge in [-0.3, -0.25) is 9.59 Å². The van der Waals surface area contributed by atoms with Crippen molar-refractivity contribution in [1.82, 2.24) is 14.9 Å². The molecule has 0 amide bonds. The molecule has 2 spiro atoms. The summed E-state index contributed by atoms with van der Waals surface area (Å²) in [6.45, 7) is 17.1. The Balaban J connectivity index is 0.983. The monoisotopic (exact) mass is 1110 g/mol. The number of nitrogens with zero attached hydrogens (tertiary/aromatic N) is 1. The quantitative estimate of drug-likeness (QED) is 0.0797. The van der Waals surface area contributed by atoms with Gasteiger partial charge < -0.3 is 49.6 Å². The number of nitrogens with one attached hydrogen (secondary N) is 2. The number of aryl methyl sites for hydroxylation is 1. The van der Waals surface area contributed by atoms with Crippen molar-refractivity contribution in [3.63, 3.8) is 0 Å². The molecule has 15 atom stereocenters. The number of fused-ring (bicyclic) bond motifs is 5. The van der Waals surface area contributed by atoms with Crippen molar-refractivity contribution in [3.05, 3.63) is 69.6 Å². The van der Waals surface area contributed by atoms with Crippen molar-refractivity contribution in [2.75, 3.05) is 20.2 Å². The van der Waals surface area contributed by atoms with Crippen LogP contribution in [0.1, 0.15) is 229 Å². The van der Waals surface area contributed by atoms with Crippen LogP contribution in [0.5, 0.6) is 0 Å². The summed E-state index contributed by atoms with van der Waals surface area (Å²) in [5.41, 5.74) is 2.92. The Labute approximate surface area is 481 Å². The second kappa shape index (κ2) is 19.5. The van der Waals surface area contributed by atoms with Gasteiger partial charge in [0.1, 0.15) is 18.2 Å². The first kappa shape index (κ1) is 56.6. The number of carbonyl (C=O) groups is 3. The molecule has 12 nitrogen and oxygen atoms in total. The average Bonchev–Trinajstić information content (AvgIpc) is 1.82. The Morgan fingerprint density at radius 1 is 0.889 bits per heavy atom. The van der Waals surface area contributed by atoms with Crippen LogP contribution in [0.15, 0.2) is 41.7 Å². The van der Waals surface area contributed by atoms with Crippen LogP contribution in [0.2, 0.25) is 0 Å². The van der Waals surface area contributed by atoms with Gasteiger partial charge in [-0.15, -0.1) is 0 Å². The Hall–Kier alpha value is -3.49. The zero-order valence-electron chi connectivity index (χ0n) is 50.3. The third-order valence-corrected chi connectivity index (χ3v) is 26.1. The SMILES string of the molecule is CNCCC1(C)C(=O)CC2(CCC(O)C2)C2(C)C1CCC1(C)C2C(O)C2Cn3cc(C(C=O)c4cc(C5CCCCC5)cc(C5(O)CCOC6(CCCCC6)C5)c4)c4[nH]cc(c43)CCC(C)(CC(O)C3OC3(C)C)C3=C2C1(C)CC3=O. The first-order chi connectivity index (χ1) is 38.4. The third-order valence-electron chi connectivity index (χ3n) is 26.1. The summed E-state index contributed by atoms with van der Waals surface area (Å²) < 4.78 is 15.0. The first-order valence-electron chi connectivity index (χ1n) is 32.3. The molecule has 0 bridgehead atoms. The molecule has 3 aliphatic heterocycles. The standard InChI is InChI=1S/C69H97N3O9/c1-61(2)60(81-61)51(76)33-62(3)22-17-42-36-71-56-47(49(39-73)44-29-43(41-15-11-9-12-16-41)30-45(31-44)69(79)26-28-80-68(40-69)20-13-10-14-21-68)37-72(57(42)56)38-48-54-55(62)50(75)34-65(54,6)64(5)23-19-52-63(4,25-27-70-8)53(77)35-67(24-18-46(74)32-67)66(52,7)59(64)58(48)78/h29-31,36-37,39,41,46,48-49,51-52,58-60,70-71,74,76,78-79H,9-28,32-35,38,40H2,1-8H3. The highest BCUT2D eigenvalue weighted by atomic mass is 16.6. The van der Waals surface area contributed by atoms with Crippen LogP contribution in [-0.2, 0) is 42.4 Å². The van der Waals surface area contributed by atoms with E-state index in [1.54, 1.807) is 0 Å². The van der Waals surface area contributed by atoms with Crippen molar-refractivity contribution in [3.8, 4) is 0 Å². The van der Waals surface area contributed by atoms with E-state index in [1.165, 1.54) is 18.4 Å². The minimum Gasteiger partial charge on any atom is -0.393 e. The van der Waals surface area contributed by atoms with E-state index in [-0.39, 0.29) is 35.1 Å². The number of hydrogen-bond acceptors (Lipinski definition) is 10. The lowest BCUT2D eigenvalue weighted by Crippen LogP contribution is -2.72. The van der Waals surface area contributed by atoms with Crippen molar-refractivity contribution < 1.29 is 44.3 Å². The molecule has 10 aliphatic rings. The molecule has 15 unspecified atom stereocenters. The predicted octanol–water partition coefficient (Wildman–Crippen LogP) is 11.4. The maximum atomic E-state index is 15.8. The Morgan fingerprint density at radius 3 is 2.32 bits per heavy atom. The molecule has 13 rings (SSSR count).